The average molecular weight is 505 g/mol. The largest absolute Gasteiger partial charge is 0.497 e. The fourth-order valence-corrected chi connectivity index (χ4v) is 4.41. The molecule has 1 N–H and O–H groups in total. The molecule has 0 saturated carbocycles. The minimum Gasteiger partial charge on any atom is -0.497 e. The molecule has 1 amide bonds. The zero-order valence-corrected chi connectivity index (χ0v) is 20.8. The third kappa shape index (κ3) is 6.24. The summed E-state index contributed by atoms with van der Waals surface area (Å²) < 4.78 is 15.7. The van der Waals surface area contributed by atoms with Crippen LogP contribution in [-0.2, 0) is 9.59 Å². The number of halogens is 1. The Morgan fingerprint density at radius 2 is 1.91 bits per heavy atom. The summed E-state index contributed by atoms with van der Waals surface area (Å²) in [4.78, 5) is 30.9. The zero-order valence-electron chi connectivity index (χ0n) is 19.2. The Labute approximate surface area is 207 Å². The third-order valence-electron chi connectivity index (χ3n) is 4.62. The van der Waals surface area contributed by atoms with Gasteiger partial charge in [0.2, 0.25) is 0 Å². The van der Waals surface area contributed by atoms with E-state index in [-0.39, 0.29) is 28.3 Å². The monoisotopic (exact) mass is 504 g/mol. The summed E-state index contributed by atoms with van der Waals surface area (Å²) in [6, 6.07) is 10.5. The third-order valence-corrected chi connectivity index (χ3v) is 5.91. The Morgan fingerprint density at radius 1 is 1.21 bits per heavy atom. The summed E-state index contributed by atoms with van der Waals surface area (Å²) in [5, 5.41) is 9.62. The van der Waals surface area contributed by atoms with Crippen molar-refractivity contribution in [3.63, 3.8) is 0 Å². The highest BCUT2D eigenvalue weighted by Crippen LogP contribution is 2.39. The number of carbonyl (C=O) groups is 2. The second-order valence-electron chi connectivity index (χ2n) is 7.73. The van der Waals surface area contributed by atoms with E-state index in [0.29, 0.717) is 27.9 Å². The maximum atomic E-state index is 13.2. The van der Waals surface area contributed by atoms with Crippen molar-refractivity contribution >= 4 is 52.2 Å². The molecule has 1 aliphatic heterocycles. The number of aliphatic carboxylic acids is 1. The summed E-state index contributed by atoms with van der Waals surface area (Å²) >= 11 is 7.58. The summed E-state index contributed by atoms with van der Waals surface area (Å²) in [7, 11) is 3.02. The Balaban J connectivity index is 1.94. The lowest BCUT2D eigenvalue weighted by molar-refractivity contribution is -0.139. The number of hydrogen-bond donors (Lipinski definition) is 1. The van der Waals surface area contributed by atoms with Crippen LogP contribution in [0.3, 0.4) is 0 Å². The number of rotatable bonds is 9. The molecule has 1 fully saturated rings. The quantitative estimate of drug-likeness (QED) is 0.475. The molecule has 180 valence electrons. The van der Waals surface area contributed by atoms with E-state index in [4.69, 9.17) is 30.9 Å². The van der Waals surface area contributed by atoms with Crippen molar-refractivity contribution in [2.75, 3.05) is 27.4 Å². The predicted molar refractivity (Wildman–Crippen MR) is 133 cm³/mol. The molecule has 10 heteroatoms. The van der Waals surface area contributed by atoms with Gasteiger partial charge in [-0.3, -0.25) is 9.69 Å². The van der Waals surface area contributed by atoms with Crippen LogP contribution in [0.4, 0.5) is 5.69 Å². The van der Waals surface area contributed by atoms with Gasteiger partial charge in [0.25, 0.3) is 5.91 Å². The highest BCUT2D eigenvalue weighted by molar-refractivity contribution is 8.18. The van der Waals surface area contributed by atoms with Crippen LogP contribution in [0.25, 0.3) is 6.08 Å². The number of thioether (sulfide) groups is 1. The molecule has 0 bridgehead atoms. The van der Waals surface area contributed by atoms with Crippen molar-refractivity contribution in [2.45, 2.75) is 13.8 Å². The van der Waals surface area contributed by atoms with Crippen LogP contribution >= 0.6 is 23.4 Å². The molecule has 2 aromatic carbocycles. The van der Waals surface area contributed by atoms with Gasteiger partial charge in [0, 0.05) is 6.54 Å². The molecule has 0 aromatic heterocycles. The molecule has 3 rings (SSSR count). The molecular formula is C24H25ClN2O6S. The van der Waals surface area contributed by atoms with E-state index in [1.807, 2.05) is 38.1 Å². The number of amidine groups is 1. The van der Waals surface area contributed by atoms with Crippen LogP contribution in [-0.4, -0.2) is 54.4 Å². The molecule has 0 radical (unpaired) electrons. The van der Waals surface area contributed by atoms with E-state index in [2.05, 4.69) is 4.99 Å². The van der Waals surface area contributed by atoms with E-state index < -0.39 is 12.6 Å². The van der Waals surface area contributed by atoms with Crippen molar-refractivity contribution < 1.29 is 28.9 Å². The Hall–Kier alpha value is -3.17. The van der Waals surface area contributed by atoms with E-state index >= 15 is 0 Å². The fraction of sp³-hybridized carbons (Fsp3) is 0.292. The van der Waals surface area contributed by atoms with Crippen LogP contribution < -0.4 is 14.2 Å². The number of nitrogens with zero attached hydrogens (tertiary/aromatic N) is 2. The first-order valence-electron chi connectivity index (χ1n) is 10.4. The standard InChI is InChI=1S/C24H25ClN2O6S/c1-14(2)12-27-23(30)20(34-24(27)26-16-5-7-17(31-3)8-6-16)11-15-9-18(25)22(19(10-15)32-4)33-13-21(28)29/h5-11,14H,12-13H2,1-4H3,(H,28,29)/b20-11-,26-24?. The minimum absolute atomic E-state index is 0.127. The molecule has 1 aliphatic rings. The molecule has 1 heterocycles. The first-order valence-corrected chi connectivity index (χ1v) is 11.6. The van der Waals surface area contributed by atoms with Gasteiger partial charge in [-0.25, -0.2) is 9.79 Å². The van der Waals surface area contributed by atoms with Gasteiger partial charge in [0.05, 0.1) is 29.8 Å². The summed E-state index contributed by atoms with van der Waals surface area (Å²) in [5.74, 6) is 0.0634. The van der Waals surface area contributed by atoms with Crippen LogP contribution in [0.2, 0.25) is 5.02 Å². The Morgan fingerprint density at radius 3 is 2.50 bits per heavy atom. The first-order chi connectivity index (χ1) is 16.2. The lowest BCUT2D eigenvalue weighted by Gasteiger charge is -2.17. The normalized spacial score (nSPS) is 15.9. The number of amides is 1. The molecule has 1 saturated heterocycles. The molecular weight excluding hydrogens is 480 g/mol. The number of methoxy groups -OCH3 is 2. The smallest absolute Gasteiger partial charge is 0.341 e. The van der Waals surface area contributed by atoms with Crippen molar-refractivity contribution in [1.29, 1.82) is 0 Å². The van der Waals surface area contributed by atoms with Crippen molar-refractivity contribution in [1.82, 2.24) is 4.90 Å². The minimum atomic E-state index is -1.13. The molecule has 34 heavy (non-hydrogen) atoms. The van der Waals surface area contributed by atoms with Crippen LogP contribution in [0, 0.1) is 5.92 Å². The number of hydrogen-bond acceptors (Lipinski definition) is 7. The Kier molecular flexibility index (Phi) is 8.46. The lowest BCUT2D eigenvalue weighted by Crippen LogP contribution is -2.32. The number of carboxylic acids is 1. The van der Waals surface area contributed by atoms with E-state index in [1.54, 1.807) is 30.2 Å². The zero-order chi connectivity index (χ0) is 24.8. The van der Waals surface area contributed by atoms with Gasteiger partial charge >= 0.3 is 5.97 Å². The van der Waals surface area contributed by atoms with E-state index in [0.717, 1.165) is 5.75 Å². The van der Waals surface area contributed by atoms with Gasteiger partial charge in [0.15, 0.2) is 23.3 Å². The van der Waals surface area contributed by atoms with Crippen molar-refractivity contribution in [2.24, 2.45) is 10.9 Å². The first kappa shape index (κ1) is 25.5. The number of benzene rings is 2. The highest BCUT2D eigenvalue weighted by Gasteiger charge is 2.34. The summed E-state index contributed by atoms with van der Waals surface area (Å²) in [6.07, 6.45) is 1.70. The van der Waals surface area contributed by atoms with Crippen LogP contribution in [0.5, 0.6) is 17.2 Å². The molecule has 0 aliphatic carbocycles. The molecule has 0 spiro atoms. The van der Waals surface area contributed by atoms with Gasteiger partial charge in [-0.1, -0.05) is 25.4 Å². The number of carboxylic acid groups (broad SMARTS) is 1. The van der Waals surface area contributed by atoms with Gasteiger partial charge in [-0.15, -0.1) is 0 Å². The number of carbonyl (C=O) groups excluding carboxylic acids is 1. The Bertz CT molecular complexity index is 1130. The van der Waals surface area contributed by atoms with Gasteiger partial charge < -0.3 is 19.3 Å². The molecule has 0 unspecified atom stereocenters. The van der Waals surface area contributed by atoms with Gasteiger partial charge in [0.1, 0.15) is 5.75 Å². The maximum absolute atomic E-state index is 13.2. The highest BCUT2D eigenvalue weighted by atomic mass is 35.5. The van der Waals surface area contributed by atoms with Gasteiger partial charge in [-0.05, 0) is 65.7 Å². The van der Waals surface area contributed by atoms with Gasteiger partial charge in [-0.2, -0.15) is 0 Å². The predicted octanol–water partition coefficient (Wildman–Crippen LogP) is 5.08. The summed E-state index contributed by atoms with van der Waals surface area (Å²) in [5.41, 5.74) is 1.31. The SMILES string of the molecule is COc1ccc(N=C2S/C(=C\c3cc(Cl)c(OCC(=O)O)c(OC)c3)C(=O)N2CC(C)C)cc1. The number of ether oxygens (including phenoxy) is 3. The second-order valence-corrected chi connectivity index (χ2v) is 9.15. The second kappa shape index (κ2) is 11.3. The van der Waals surface area contributed by atoms with Crippen LogP contribution in [0.15, 0.2) is 46.3 Å². The van der Waals surface area contributed by atoms with E-state index in [9.17, 15) is 9.59 Å². The fourth-order valence-electron chi connectivity index (χ4n) is 3.13. The molecule has 0 atom stereocenters. The molecule has 2 aromatic rings. The average Bonchev–Trinajstić information content (AvgIpc) is 3.06. The maximum Gasteiger partial charge on any atom is 0.341 e. The van der Waals surface area contributed by atoms with Crippen molar-refractivity contribution in [3.05, 3.63) is 51.9 Å². The van der Waals surface area contributed by atoms with E-state index in [1.165, 1.54) is 18.9 Å². The number of aliphatic imine (C=N–C) groups is 1. The topological polar surface area (TPSA) is 97.7 Å². The molecule has 8 nitrogen and oxygen atoms in total. The van der Waals surface area contributed by atoms with Crippen LogP contribution in [0.1, 0.15) is 19.4 Å². The summed E-state index contributed by atoms with van der Waals surface area (Å²) in [6.45, 7) is 4.03. The lowest BCUT2D eigenvalue weighted by atomic mass is 10.1. The van der Waals surface area contributed by atoms with Crippen molar-refractivity contribution in [3.8, 4) is 17.2 Å².